The van der Waals surface area contributed by atoms with E-state index in [9.17, 15) is 9.59 Å². The summed E-state index contributed by atoms with van der Waals surface area (Å²) in [7, 11) is 0. The van der Waals surface area contributed by atoms with E-state index >= 15 is 0 Å². The van der Waals surface area contributed by atoms with Gasteiger partial charge in [-0.25, -0.2) is 0 Å². The maximum atomic E-state index is 12.8. The lowest BCUT2D eigenvalue weighted by Gasteiger charge is -2.27. The highest BCUT2D eigenvalue weighted by Crippen LogP contribution is 2.15. The number of nitrogens with zero attached hydrogens (tertiary/aromatic N) is 1. The van der Waals surface area contributed by atoms with Crippen LogP contribution in [-0.2, 0) is 9.53 Å². The Kier molecular flexibility index (Phi) is 5.87. The minimum absolute atomic E-state index is 0.182. The molecule has 0 aliphatic carbocycles. The SMILES string of the molecule is O=C(N/C(=C\c1ccc(I)o1)C(=O)N1CCOCC1)c1ccccc1. The van der Waals surface area contributed by atoms with Crippen molar-refractivity contribution in [2.24, 2.45) is 0 Å². The Bertz CT molecular complexity index is 779. The van der Waals surface area contributed by atoms with Gasteiger partial charge in [0.15, 0.2) is 3.77 Å². The molecule has 0 bridgehead atoms. The van der Waals surface area contributed by atoms with Gasteiger partial charge >= 0.3 is 0 Å². The molecule has 1 N–H and O–H groups in total. The molecule has 1 aromatic heterocycles. The molecule has 0 atom stereocenters. The van der Waals surface area contributed by atoms with Gasteiger partial charge in [0.25, 0.3) is 11.8 Å². The van der Waals surface area contributed by atoms with Crippen molar-refractivity contribution in [1.82, 2.24) is 10.2 Å². The predicted octanol–water partition coefficient (Wildman–Crippen LogP) is 2.51. The van der Waals surface area contributed by atoms with Crippen LogP contribution in [0.2, 0.25) is 0 Å². The van der Waals surface area contributed by atoms with E-state index in [2.05, 4.69) is 5.32 Å². The molecule has 2 heterocycles. The van der Waals surface area contributed by atoms with Crippen molar-refractivity contribution in [3.63, 3.8) is 0 Å². The zero-order valence-electron chi connectivity index (χ0n) is 13.4. The normalized spacial score (nSPS) is 15.1. The molecule has 130 valence electrons. The average molecular weight is 452 g/mol. The van der Waals surface area contributed by atoms with Gasteiger partial charge in [-0.1, -0.05) is 18.2 Å². The fraction of sp³-hybridized carbons (Fsp3) is 0.222. The number of furan rings is 1. The Labute approximate surface area is 159 Å². The molecule has 1 aliphatic rings. The van der Waals surface area contributed by atoms with Crippen LogP contribution in [0.15, 0.2) is 52.6 Å². The topological polar surface area (TPSA) is 71.8 Å². The maximum Gasteiger partial charge on any atom is 0.270 e. The molecule has 25 heavy (non-hydrogen) atoms. The highest BCUT2D eigenvalue weighted by Gasteiger charge is 2.23. The average Bonchev–Trinajstić information content (AvgIpc) is 3.07. The molecule has 0 spiro atoms. The molecule has 2 aromatic rings. The number of amides is 2. The first kappa shape index (κ1) is 17.7. The number of ether oxygens (including phenoxy) is 1. The lowest BCUT2D eigenvalue weighted by molar-refractivity contribution is -0.131. The molecule has 1 fully saturated rings. The summed E-state index contributed by atoms with van der Waals surface area (Å²) in [6.45, 7) is 1.97. The molecular weight excluding hydrogens is 435 g/mol. The van der Waals surface area contributed by atoms with Crippen LogP contribution < -0.4 is 5.32 Å². The van der Waals surface area contributed by atoms with Gasteiger partial charge < -0.3 is 19.4 Å². The van der Waals surface area contributed by atoms with Gasteiger partial charge in [0.2, 0.25) is 0 Å². The quantitative estimate of drug-likeness (QED) is 0.572. The Morgan fingerprint density at radius 3 is 2.44 bits per heavy atom. The standard InChI is InChI=1S/C18H17IN2O4/c19-16-7-6-14(25-16)12-15(18(23)21-8-10-24-11-9-21)20-17(22)13-4-2-1-3-5-13/h1-7,12H,8-11H2,(H,20,22)/b15-12-. The summed E-state index contributed by atoms with van der Waals surface area (Å²) < 4.78 is 11.5. The summed E-state index contributed by atoms with van der Waals surface area (Å²) in [6, 6.07) is 12.3. The number of hydrogen-bond donors (Lipinski definition) is 1. The van der Waals surface area contributed by atoms with E-state index in [0.29, 0.717) is 41.4 Å². The minimum Gasteiger partial charge on any atom is -0.451 e. The Hall–Kier alpha value is -2.13. The fourth-order valence-electron chi connectivity index (χ4n) is 2.42. The van der Waals surface area contributed by atoms with Crippen LogP contribution in [0.25, 0.3) is 6.08 Å². The number of nitrogens with one attached hydrogen (secondary N) is 1. The lowest BCUT2D eigenvalue weighted by Crippen LogP contribution is -2.44. The third kappa shape index (κ3) is 4.70. The van der Waals surface area contributed by atoms with Gasteiger partial charge in [0.05, 0.1) is 13.2 Å². The summed E-state index contributed by atoms with van der Waals surface area (Å²) in [4.78, 5) is 26.9. The second-order valence-electron chi connectivity index (χ2n) is 5.42. The van der Waals surface area contributed by atoms with Crippen molar-refractivity contribution < 1.29 is 18.7 Å². The number of halogens is 1. The number of benzene rings is 1. The number of carbonyl (C=O) groups excluding carboxylic acids is 2. The van der Waals surface area contributed by atoms with Crippen molar-refractivity contribution in [2.75, 3.05) is 26.3 Å². The zero-order valence-corrected chi connectivity index (χ0v) is 15.6. The molecule has 1 aliphatic heterocycles. The minimum atomic E-state index is -0.338. The highest BCUT2D eigenvalue weighted by atomic mass is 127. The first-order chi connectivity index (χ1) is 12.1. The molecule has 1 saturated heterocycles. The monoisotopic (exact) mass is 452 g/mol. The molecule has 0 unspecified atom stereocenters. The first-order valence-corrected chi connectivity index (χ1v) is 8.92. The Morgan fingerprint density at radius 2 is 1.80 bits per heavy atom. The van der Waals surface area contributed by atoms with Crippen molar-refractivity contribution in [1.29, 1.82) is 0 Å². The van der Waals surface area contributed by atoms with Gasteiger partial charge in [-0.3, -0.25) is 9.59 Å². The fourth-order valence-corrected chi connectivity index (χ4v) is 2.85. The van der Waals surface area contributed by atoms with Crippen LogP contribution in [0.1, 0.15) is 16.1 Å². The molecule has 1 aromatic carbocycles. The number of morpholine rings is 1. The van der Waals surface area contributed by atoms with E-state index in [1.807, 2.05) is 28.7 Å². The molecule has 6 nitrogen and oxygen atoms in total. The van der Waals surface area contributed by atoms with Gasteiger partial charge in [-0.15, -0.1) is 0 Å². The molecule has 7 heteroatoms. The first-order valence-electron chi connectivity index (χ1n) is 7.84. The van der Waals surface area contributed by atoms with Crippen molar-refractivity contribution in [3.8, 4) is 0 Å². The summed E-state index contributed by atoms with van der Waals surface area (Å²) >= 11 is 2.05. The lowest BCUT2D eigenvalue weighted by atomic mass is 10.2. The van der Waals surface area contributed by atoms with Crippen molar-refractivity contribution in [2.45, 2.75) is 0 Å². The highest BCUT2D eigenvalue weighted by molar-refractivity contribution is 14.1. The summed E-state index contributed by atoms with van der Waals surface area (Å²) in [5.74, 6) is -0.0805. The van der Waals surface area contributed by atoms with Crippen LogP contribution in [0.3, 0.4) is 0 Å². The van der Waals surface area contributed by atoms with Crippen LogP contribution in [0, 0.1) is 3.77 Å². The van der Waals surface area contributed by atoms with E-state index < -0.39 is 0 Å². The third-order valence-corrected chi connectivity index (χ3v) is 4.27. The van der Waals surface area contributed by atoms with E-state index in [1.165, 1.54) is 0 Å². The predicted molar refractivity (Wildman–Crippen MR) is 101 cm³/mol. The number of rotatable bonds is 4. The summed E-state index contributed by atoms with van der Waals surface area (Å²) in [5, 5.41) is 2.72. The van der Waals surface area contributed by atoms with E-state index in [4.69, 9.17) is 9.15 Å². The van der Waals surface area contributed by atoms with Crippen molar-refractivity contribution in [3.05, 3.63) is 63.3 Å². The van der Waals surface area contributed by atoms with Crippen LogP contribution in [-0.4, -0.2) is 43.0 Å². The molecular formula is C18H17IN2O4. The molecule has 0 saturated carbocycles. The Morgan fingerprint density at radius 1 is 1.08 bits per heavy atom. The third-order valence-electron chi connectivity index (χ3n) is 3.69. The molecule has 0 radical (unpaired) electrons. The van der Waals surface area contributed by atoms with Gasteiger partial charge in [0.1, 0.15) is 11.5 Å². The van der Waals surface area contributed by atoms with Crippen molar-refractivity contribution >= 4 is 40.5 Å². The largest absolute Gasteiger partial charge is 0.451 e. The van der Waals surface area contributed by atoms with Gasteiger partial charge in [0, 0.05) is 24.7 Å². The van der Waals surface area contributed by atoms with E-state index in [-0.39, 0.29) is 17.5 Å². The summed E-state index contributed by atoms with van der Waals surface area (Å²) in [6.07, 6.45) is 1.56. The van der Waals surface area contributed by atoms with Gasteiger partial charge in [-0.2, -0.15) is 0 Å². The second kappa shape index (κ2) is 8.30. The van der Waals surface area contributed by atoms with Crippen LogP contribution in [0.4, 0.5) is 0 Å². The number of carbonyl (C=O) groups is 2. The molecule has 2 amide bonds. The maximum absolute atomic E-state index is 12.8. The summed E-state index contributed by atoms with van der Waals surface area (Å²) in [5.41, 5.74) is 0.665. The smallest absolute Gasteiger partial charge is 0.270 e. The molecule has 3 rings (SSSR count). The second-order valence-corrected chi connectivity index (χ2v) is 6.49. The van der Waals surface area contributed by atoms with E-state index in [1.54, 1.807) is 47.4 Å². The zero-order chi connectivity index (χ0) is 17.6. The van der Waals surface area contributed by atoms with Crippen LogP contribution in [0.5, 0.6) is 0 Å². The Balaban J connectivity index is 1.84. The number of hydrogen-bond acceptors (Lipinski definition) is 4. The van der Waals surface area contributed by atoms with E-state index in [0.717, 1.165) is 0 Å². The van der Waals surface area contributed by atoms with Gasteiger partial charge in [-0.05, 0) is 46.9 Å². The van der Waals surface area contributed by atoms with Crippen LogP contribution >= 0.6 is 22.6 Å².